The Morgan fingerprint density at radius 2 is 1.95 bits per heavy atom. The Bertz CT molecular complexity index is 376. The maximum Gasteiger partial charge on any atom is 0.225 e. The Morgan fingerprint density at radius 1 is 1.26 bits per heavy atom. The van der Waals surface area contributed by atoms with E-state index in [9.17, 15) is 4.79 Å². The third kappa shape index (κ3) is 5.75. The molecule has 19 heavy (non-hydrogen) atoms. The number of hydrogen-bond acceptors (Lipinski definition) is 3. The molecule has 4 nitrogen and oxygen atoms in total. The van der Waals surface area contributed by atoms with E-state index in [1.54, 1.807) is 0 Å². The quantitative estimate of drug-likeness (QED) is 0.579. The van der Waals surface area contributed by atoms with E-state index in [-0.39, 0.29) is 5.91 Å². The Kier molecular flexibility index (Phi) is 6.97. The number of ether oxygens (including phenoxy) is 1. The van der Waals surface area contributed by atoms with Crippen LogP contribution in [0, 0.1) is 0 Å². The standard InChI is InChI=1S/C15H24N2O2/c1-3-10-17(15(18)9-11-19-4-2)12-13-5-7-14(16)8-6-13/h5-8H,3-4,9-12,16H2,1-2H3. The van der Waals surface area contributed by atoms with Crippen molar-refractivity contribution >= 4 is 11.6 Å². The lowest BCUT2D eigenvalue weighted by Crippen LogP contribution is -2.32. The molecule has 0 fully saturated rings. The van der Waals surface area contributed by atoms with Crippen LogP contribution < -0.4 is 5.73 Å². The molecule has 0 saturated carbocycles. The van der Waals surface area contributed by atoms with Gasteiger partial charge in [0, 0.05) is 25.4 Å². The summed E-state index contributed by atoms with van der Waals surface area (Å²) in [6.45, 7) is 6.57. The van der Waals surface area contributed by atoms with Crippen molar-refractivity contribution in [1.29, 1.82) is 0 Å². The summed E-state index contributed by atoms with van der Waals surface area (Å²) in [6, 6.07) is 7.66. The van der Waals surface area contributed by atoms with Gasteiger partial charge in [-0.25, -0.2) is 0 Å². The van der Waals surface area contributed by atoms with Crippen LogP contribution in [-0.2, 0) is 16.1 Å². The summed E-state index contributed by atoms with van der Waals surface area (Å²) in [5.41, 5.74) is 7.51. The fourth-order valence-electron chi connectivity index (χ4n) is 1.87. The number of benzene rings is 1. The fraction of sp³-hybridized carbons (Fsp3) is 0.533. The number of nitrogens with zero attached hydrogens (tertiary/aromatic N) is 1. The molecule has 0 aliphatic carbocycles. The molecule has 0 radical (unpaired) electrons. The predicted octanol–water partition coefficient (Wildman–Crippen LogP) is 2.43. The van der Waals surface area contributed by atoms with Crippen molar-refractivity contribution in [3.8, 4) is 0 Å². The molecular formula is C15H24N2O2. The normalized spacial score (nSPS) is 10.4. The summed E-state index contributed by atoms with van der Waals surface area (Å²) < 4.78 is 5.23. The van der Waals surface area contributed by atoms with Crippen LogP contribution in [0.4, 0.5) is 5.69 Å². The second-order valence-electron chi connectivity index (χ2n) is 4.50. The highest BCUT2D eigenvalue weighted by Gasteiger charge is 2.12. The summed E-state index contributed by atoms with van der Waals surface area (Å²) >= 11 is 0. The van der Waals surface area contributed by atoms with E-state index in [1.807, 2.05) is 36.1 Å². The highest BCUT2D eigenvalue weighted by molar-refractivity contribution is 5.76. The molecule has 1 aromatic rings. The zero-order valence-corrected chi connectivity index (χ0v) is 11.9. The van der Waals surface area contributed by atoms with Crippen molar-refractivity contribution in [3.05, 3.63) is 29.8 Å². The minimum absolute atomic E-state index is 0.145. The summed E-state index contributed by atoms with van der Waals surface area (Å²) in [4.78, 5) is 14.0. The van der Waals surface area contributed by atoms with Crippen LogP contribution in [0.3, 0.4) is 0 Å². The number of anilines is 1. The Balaban J connectivity index is 2.56. The zero-order valence-electron chi connectivity index (χ0n) is 11.9. The predicted molar refractivity (Wildman–Crippen MR) is 77.7 cm³/mol. The van der Waals surface area contributed by atoms with E-state index in [4.69, 9.17) is 10.5 Å². The van der Waals surface area contributed by atoms with Crippen LogP contribution >= 0.6 is 0 Å². The summed E-state index contributed by atoms with van der Waals surface area (Å²) in [5, 5.41) is 0. The lowest BCUT2D eigenvalue weighted by Gasteiger charge is -2.22. The lowest BCUT2D eigenvalue weighted by molar-refractivity contribution is -0.133. The van der Waals surface area contributed by atoms with Gasteiger partial charge >= 0.3 is 0 Å². The molecule has 0 bridgehead atoms. The van der Waals surface area contributed by atoms with Gasteiger partial charge in [0.25, 0.3) is 0 Å². The van der Waals surface area contributed by atoms with Crippen molar-refractivity contribution < 1.29 is 9.53 Å². The lowest BCUT2D eigenvalue weighted by atomic mass is 10.2. The van der Waals surface area contributed by atoms with Gasteiger partial charge in [-0.15, -0.1) is 0 Å². The Hall–Kier alpha value is -1.55. The molecule has 106 valence electrons. The average molecular weight is 264 g/mol. The second kappa shape index (κ2) is 8.53. The maximum absolute atomic E-state index is 12.1. The topological polar surface area (TPSA) is 55.6 Å². The van der Waals surface area contributed by atoms with Gasteiger partial charge in [0.2, 0.25) is 5.91 Å². The highest BCUT2D eigenvalue weighted by Crippen LogP contribution is 2.10. The minimum atomic E-state index is 0.145. The maximum atomic E-state index is 12.1. The monoisotopic (exact) mass is 264 g/mol. The Morgan fingerprint density at radius 3 is 2.53 bits per heavy atom. The summed E-state index contributed by atoms with van der Waals surface area (Å²) in [6.07, 6.45) is 1.40. The molecule has 0 unspecified atom stereocenters. The number of carbonyl (C=O) groups is 1. The summed E-state index contributed by atoms with van der Waals surface area (Å²) in [7, 11) is 0. The van der Waals surface area contributed by atoms with Gasteiger partial charge in [0.1, 0.15) is 0 Å². The highest BCUT2D eigenvalue weighted by atomic mass is 16.5. The van der Waals surface area contributed by atoms with Crippen molar-refractivity contribution in [2.75, 3.05) is 25.5 Å². The van der Waals surface area contributed by atoms with Crippen LogP contribution in [-0.4, -0.2) is 30.6 Å². The first-order chi connectivity index (χ1) is 9.17. The van der Waals surface area contributed by atoms with Crippen LogP contribution in [0.2, 0.25) is 0 Å². The fourth-order valence-corrected chi connectivity index (χ4v) is 1.87. The molecule has 0 spiro atoms. The average Bonchev–Trinajstić information content (AvgIpc) is 2.41. The number of rotatable bonds is 8. The van der Waals surface area contributed by atoms with E-state index in [1.165, 1.54) is 0 Å². The number of amides is 1. The number of hydrogen-bond donors (Lipinski definition) is 1. The zero-order chi connectivity index (χ0) is 14.1. The van der Waals surface area contributed by atoms with Crippen molar-refractivity contribution in [2.45, 2.75) is 33.2 Å². The van der Waals surface area contributed by atoms with Crippen molar-refractivity contribution in [1.82, 2.24) is 4.90 Å². The van der Waals surface area contributed by atoms with Crippen LogP contribution in [0.1, 0.15) is 32.3 Å². The first-order valence-electron chi connectivity index (χ1n) is 6.87. The molecule has 0 heterocycles. The molecule has 0 saturated heterocycles. The third-order valence-electron chi connectivity index (χ3n) is 2.86. The van der Waals surface area contributed by atoms with Crippen LogP contribution in [0.5, 0.6) is 0 Å². The van der Waals surface area contributed by atoms with E-state index >= 15 is 0 Å². The van der Waals surface area contributed by atoms with Crippen molar-refractivity contribution in [2.24, 2.45) is 0 Å². The minimum Gasteiger partial charge on any atom is -0.399 e. The third-order valence-corrected chi connectivity index (χ3v) is 2.86. The van der Waals surface area contributed by atoms with E-state index in [2.05, 4.69) is 6.92 Å². The smallest absolute Gasteiger partial charge is 0.225 e. The Labute approximate surface area is 115 Å². The SMILES string of the molecule is CCCN(Cc1ccc(N)cc1)C(=O)CCOCC. The molecule has 0 aromatic heterocycles. The van der Waals surface area contributed by atoms with Crippen LogP contribution in [0.15, 0.2) is 24.3 Å². The van der Waals surface area contributed by atoms with Crippen molar-refractivity contribution in [3.63, 3.8) is 0 Å². The molecule has 1 aromatic carbocycles. The number of nitrogen functional groups attached to an aromatic ring is 1. The summed E-state index contributed by atoms with van der Waals surface area (Å²) in [5.74, 6) is 0.145. The molecule has 1 rings (SSSR count). The van der Waals surface area contributed by atoms with Gasteiger partial charge in [-0.2, -0.15) is 0 Å². The molecular weight excluding hydrogens is 240 g/mol. The first kappa shape index (κ1) is 15.5. The molecule has 0 atom stereocenters. The largest absolute Gasteiger partial charge is 0.399 e. The molecule has 0 aliphatic heterocycles. The van der Waals surface area contributed by atoms with Crippen LogP contribution in [0.25, 0.3) is 0 Å². The number of carbonyl (C=O) groups excluding carboxylic acids is 1. The van der Waals surface area contributed by atoms with E-state index in [0.717, 1.165) is 24.2 Å². The van der Waals surface area contributed by atoms with Gasteiger partial charge in [-0.05, 0) is 31.0 Å². The van der Waals surface area contributed by atoms with E-state index < -0.39 is 0 Å². The van der Waals surface area contributed by atoms with Gasteiger partial charge < -0.3 is 15.4 Å². The van der Waals surface area contributed by atoms with Gasteiger partial charge in [0.15, 0.2) is 0 Å². The second-order valence-corrected chi connectivity index (χ2v) is 4.50. The molecule has 2 N–H and O–H groups in total. The first-order valence-corrected chi connectivity index (χ1v) is 6.87. The van der Waals surface area contributed by atoms with Gasteiger partial charge in [-0.1, -0.05) is 19.1 Å². The molecule has 4 heteroatoms. The van der Waals surface area contributed by atoms with E-state index in [0.29, 0.717) is 26.2 Å². The van der Waals surface area contributed by atoms with Gasteiger partial charge in [0.05, 0.1) is 13.0 Å². The molecule has 1 amide bonds. The number of nitrogens with two attached hydrogens (primary N) is 1. The molecule has 0 aliphatic rings. The van der Waals surface area contributed by atoms with Gasteiger partial charge in [-0.3, -0.25) is 4.79 Å².